The Balaban J connectivity index is 1.41. The molecule has 0 bridgehead atoms. The monoisotopic (exact) mass is 651 g/mol. The molecule has 1 atom stereocenters. The second-order valence-electron chi connectivity index (χ2n) is 11.8. The number of aryl methyl sites for hydroxylation is 1. The summed E-state index contributed by atoms with van der Waals surface area (Å²) in [7, 11) is -3.85. The Morgan fingerprint density at radius 2 is 1.63 bits per heavy atom. The number of fused-ring (bicyclic) bond motifs is 1. The largest absolute Gasteiger partial charge is 0.478 e. The van der Waals surface area contributed by atoms with E-state index in [0.29, 0.717) is 30.8 Å². The third-order valence-electron chi connectivity index (χ3n) is 8.35. The number of nitrogens with one attached hydrogen (secondary N) is 2. The van der Waals surface area contributed by atoms with Crippen LogP contribution in [0.1, 0.15) is 98.7 Å². The number of unbranched alkanes of at least 4 members (excludes halogenated alkanes) is 9. The van der Waals surface area contributed by atoms with Crippen molar-refractivity contribution in [1.29, 1.82) is 0 Å². The van der Waals surface area contributed by atoms with Gasteiger partial charge in [0, 0.05) is 30.7 Å². The van der Waals surface area contributed by atoms with Crippen molar-refractivity contribution in [1.82, 2.24) is 14.5 Å². The van der Waals surface area contributed by atoms with Crippen molar-refractivity contribution in [2.75, 3.05) is 23.3 Å². The predicted octanol–water partition coefficient (Wildman–Crippen LogP) is 5.86. The molecule has 12 heteroatoms. The number of aromatic carboxylic acids is 1. The molecule has 46 heavy (non-hydrogen) atoms. The first kappa shape index (κ1) is 34.8. The third kappa shape index (κ3) is 9.03. The van der Waals surface area contributed by atoms with Gasteiger partial charge in [-0.15, -0.1) is 0 Å². The second kappa shape index (κ2) is 16.5. The number of aromatic nitrogens is 2. The van der Waals surface area contributed by atoms with E-state index in [-0.39, 0.29) is 16.1 Å². The van der Waals surface area contributed by atoms with Gasteiger partial charge >= 0.3 is 5.97 Å². The molecule has 248 valence electrons. The number of benzene rings is 2. The first-order chi connectivity index (χ1) is 22.1. The summed E-state index contributed by atoms with van der Waals surface area (Å²) in [4.78, 5) is 40.7. The van der Waals surface area contributed by atoms with E-state index in [1.807, 2.05) is 12.1 Å². The number of hydrogen-bond acceptors (Lipinski definition) is 6. The molecular weight excluding hydrogens is 606 g/mol. The lowest BCUT2D eigenvalue weighted by Crippen LogP contribution is -2.42. The van der Waals surface area contributed by atoms with Crippen LogP contribution in [0.25, 0.3) is 0 Å². The van der Waals surface area contributed by atoms with Gasteiger partial charge in [0.2, 0.25) is 16.1 Å². The number of carboxylic acids is 1. The smallest absolute Gasteiger partial charge is 0.338 e. The topological polar surface area (TPSA) is 151 Å². The molecule has 1 aromatic heterocycles. The Bertz CT molecular complexity index is 1620. The lowest BCUT2D eigenvalue weighted by molar-refractivity contribution is -0.130. The van der Waals surface area contributed by atoms with E-state index in [1.165, 1.54) is 55.6 Å². The van der Waals surface area contributed by atoms with Crippen LogP contribution >= 0.6 is 0 Å². The van der Waals surface area contributed by atoms with Gasteiger partial charge in [-0.1, -0.05) is 89.0 Å². The van der Waals surface area contributed by atoms with Crippen molar-refractivity contribution in [3.63, 3.8) is 0 Å². The maximum absolute atomic E-state index is 13.9. The summed E-state index contributed by atoms with van der Waals surface area (Å²) in [5.41, 5.74) is 2.27. The maximum atomic E-state index is 13.9. The van der Waals surface area contributed by atoms with Crippen LogP contribution in [0.15, 0.2) is 59.8 Å². The van der Waals surface area contributed by atoms with E-state index in [1.54, 1.807) is 25.1 Å². The average Bonchev–Trinajstić information content (AvgIpc) is 3.69. The summed E-state index contributed by atoms with van der Waals surface area (Å²) < 4.78 is 29.9. The Morgan fingerprint density at radius 1 is 0.957 bits per heavy atom. The van der Waals surface area contributed by atoms with Crippen molar-refractivity contribution in [2.45, 2.75) is 95.4 Å². The minimum atomic E-state index is -3.85. The standard InChI is InChI=1S/C34H45N5O6S/c1-3-4-5-6-7-8-9-10-11-14-20-36-46(44,45)28-18-17-25(2)29(22-28)37-32(40)31(39-24-27(23-35-39)34(42)43)33(41)38-21-19-26-15-12-13-16-30(26)38/h12-13,15-18,22-24,31,36H,3-11,14,19-21H2,1-2H3,(H,37,40)(H,42,43). The minimum absolute atomic E-state index is 0.0101. The fraction of sp³-hybridized carbons (Fsp3) is 0.471. The summed E-state index contributed by atoms with van der Waals surface area (Å²) in [6.07, 6.45) is 14.3. The molecule has 3 aromatic rings. The second-order valence-corrected chi connectivity index (χ2v) is 13.6. The van der Waals surface area contributed by atoms with Crippen molar-refractivity contribution >= 4 is 39.2 Å². The molecule has 2 aromatic carbocycles. The van der Waals surface area contributed by atoms with Gasteiger partial charge in [-0.3, -0.25) is 9.59 Å². The van der Waals surface area contributed by atoms with E-state index in [4.69, 9.17) is 0 Å². The van der Waals surface area contributed by atoms with Gasteiger partial charge in [0.05, 0.1) is 16.7 Å². The molecule has 1 aliphatic heterocycles. The summed E-state index contributed by atoms with van der Waals surface area (Å²) in [6, 6.07) is 10.3. The molecule has 0 saturated carbocycles. The highest BCUT2D eigenvalue weighted by Gasteiger charge is 2.37. The number of para-hydroxylation sites is 1. The van der Waals surface area contributed by atoms with Gasteiger partial charge in [-0.05, 0) is 49.1 Å². The zero-order valence-electron chi connectivity index (χ0n) is 26.7. The highest BCUT2D eigenvalue weighted by atomic mass is 32.2. The number of nitrogens with zero attached hydrogens (tertiary/aromatic N) is 3. The summed E-state index contributed by atoms with van der Waals surface area (Å²) in [5, 5.41) is 16.2. The molecular formula is C34H45N5O6S. The lowest BCUT2D eigenvalue weighted by atomic mass is 10.1. The molecule has 11 nitrogen and oxygen atoms in total. The highest BCUT2D eigenvalue weighted by molar-refractivity contribution is 7.89. The number of amides is 2. The van der Waals surface area contributed by atoms with Crippen LogP contribution in [0.2, 0.25) is 0 Å². The van der Waals surface area contributed by atoms with Crippen LogP contribution in [-0.2, 0) is 26.0 Å². The van der Waals surface area contributed by atoms with Crippen LogP contribution in [-0.4, -0.2) is 54.2 Å². The normalized spacial score (nSPS) is 13.4. The van der Waals surface area contributed by atoms with Crippen LogP contribution in [0, 0.1) is 6.92 Å². The molecule has 4 rings (SSSR count). The summed E-state index contributed by atoms with van der Waals surface area (Å²) in [5.74, 6) is -2.60. The van der Waals surface area contributed by atoms with E-state index >= 15 is 0 Å². The first-order valence-electron chi connectivity index (χ1n) is 16.2. The van der Waals surface area contributed by atoms with Gasteiger partial charge in [-0.25, -0.2) is 22.6 Å². The Kier molecular flexibility index (Phi) is 12.5. The average molecular weight is 652 g/mol. The molecule has 0 spiro atoms. The first-order valence-corrected chi connectivity index (χ1v) is 17.7. The van der Waals surface area contributed by atoms with Crippen molar-refractivity contribution in [2.24, 2.45) is 0 Å². The summed E-state index contributed by atoms with van der Waals surface area (Å²) in [6.45, 7) is 4.59. The maximum Gasteiger partial charge on any atom is 0.338 e. The minimum Gasteiger partial charge on any atom is -0.478 e. The zero-order chi connectivity index (χ0) is 33.1. The van der Waals surface area contributed by atoms with Crippen molar-refractivity contribution in [3.05, 3.63) is 71.5 Å². The number of carbonyl (C=O) groups excluding carboxylic acids is 2. The Labute approximate surface area is 271 Å². The molecule has 0 saturated heterocycles. The highest BCUT2D eigenvalue weighted by Crippen LogP contribution is 2.30. The summed E-state index contributed by atoms with van der Waals surface area (Å²) >= 11 is 0. The SMILES string of the molecule is CCCCCCCCCCCCNS(=O)(=O)c1ccc(C)c(NC(=O)C(C(=O)N2CCc3ccccc32)n2cc(C(=O)O)cn2)c1. The van der Waals surface area contributed by atoms with Gasteiger partial charge in [0.1, 0.15) is 0 Å². The van der Waals surface area contributed by atoms with E-state index in [2.05, 4.69) is 22.1 Å². The molecule has 1 aliphatic rings. The van der Waals surface area contributed by atoms with E-state index in [0.717, 1.165) is 48.3 Å². The number of rotatable bonds is 18. The third-order valence-corrected chi connectivity index (χ3v) is 9.81. The lowest BCUT2D eigenvalue weighted by Gasteiger charge is -2.24. The van der Waals surface area contributed by atoms with Gasteiger partial charge in [0.25, 0.3) is 11.8 Å². The fourth-order valence-electron chi connectivity index (χ4n) is 5.66. The van der Waals surface area contributed by atoms with Crippen molar-refractivity contribution < 1.29 is 27.9 Å². The predicted molar refractivity (Wildman–Crippen MR) is 178 cm³/mol. The molecule has 3 N–H and O–H groups in total. The molecule has 0 radical (unpaired) electrons. The molecule has 2 heterocycles. The van der Waals surface area contributed by atoms with Crippen molar-refractivity contribution in [3.8, 4) is 0 Å². The zero-order valence-corrected chi connectivity index (χ0v) is 27.5. The van der Waals surface area contributed by atoms with E-state index in [9.17, 15) is 27.9 Å². The van der Waals surface area contributed by atoms with Gasteiger partial charge in [0.15, 0.2) is 0 Å². The molecule has 2 amide bonds. The van der Waals surface area contributed by atoms with Crippen LogP contribution in [0.3, 0.4) is 0 Å². The number of sulfonamides is 1. The number of carboxylic acid groups (broad SMARTS) is 1. The number of anilines is 2. The van der Waals surface area contributed by atoms with Gasteiger partial charge < -0.3 is 15.3 Å². The van der Waals surface area contributed by atoms with Crippen LogP contribution in [0.5, 0.6) is 0 Å². The molecule has 0 fully saturated rings. The molecule has 1 unspecified atom stereocenters. The van der Waals surface area contributed by atoms with Crippen LogP contribution < -0.4 is 14.9 Å². The Morgan fingerprint density at radius 3 is 2.30 bits per heavy atom. The van der Waals surface area contributed by atoms with Gasteiger partial charge in [-0.2, -0.15) is 5.10 Å². The fourth-order valence-corrected chi connectivity index (χ4v) is 6.76. The quantitative estimate of drug-likeness (QED) is 0.115. The number of hydrogen-bond donors (Lipinski definition) is 3. The molecule has 0 aliphatic carbocycles. The van der Waals surface area contributed by atoms with E-state index < -0.39 is 33.8 Å². The van der Waals surface area contributed by atoms with Crippen LogP contribution in [0.4, 0.5) is 11.4 Å². The number of carbonyl (C=O) groups is 3. The Hall–Kier alpha value is -4.03.